The van der Waals surface area contributed by atoms with Crippen LogP contribution in [0.25, 0.3) is 0 Å². The number of hydrogen-bond donors (Lipinski definition) is 1. The lowest BCUT2D eigenvalue weighted by atomic mass is 10.0. The second-order valence-corrected chi connectivity index (χ2v) is 6.21. The first kappa shape index (κ1) is 16.3. The molecule has 1 aromatic carbocycles. The van der Waals surface area contributed by atoms with Crippen molar-refractivity contribution in [2.24, 2.45) is 11.7 Å². The zero-order valence-corrected chi connectivity index (χ0v) is 13.4. The maximum atomic E-state index is 12.8. The average Bonchev–Trinajstić information content (AvgIpc) is 3.30. The molecule has 1 saturated carbocycles. The molecule has 1 aliphatic carbocycles. The van der Waals surface area contributed by atoms with E-state index >= 15 is 0 Å². The van der Waals surface area contributed by atoms with E-state index in [1.807, 2.05) is 4.90 Å². The predicted octanol–water partition coefficient (Wildman–Crippen LogP) is 2.20. The van der Waals surface area contributed by atoms with Crippen LogP contribution >= 0.6 is 0 Å². The van der Waals surface area contributed by atoms with Crippen LogP contribution < -0.4 is 10.5 Å². The number of primary amides is 1. The number of benzene rings is 1. The molecule has 1 aliphatic rings. The molecular weight excluding hydrogens is 280 g/mol. The Hall–Kier alpha value is -2.04. The van der Waals surface area contributed by atoms with Gasteiger partial charge in [0.25, 0.3) is 11.8 Å². The van der Waals surface area contributed by atoms with Crippen molar-refractivity contribution in [2.75, 3.05) is 6.61 Å². The molecule has 2 N–H and O–H groups in total. The first-order valence-corrected chi connectivity index (χ1v) is 7.74. The topological polar surface area (TPSA) is 72.6 Å². The number of ether oxygens (including phenoxy) is 1. The molecule has 2 rings (SSSR count). The van der Waals surface area contributed by atoms with Crippen LogP contribution in [-0.4, -0.2) is 35.4 Å². The molecule has 0 heterocycles. The van der Waals surface area contributed by atoms with Crippen molar-refractivity contribution in [3.05, 3.63) is 29.8 Å². The Bertz CT molecular complexity index is 535. The van der Waals surface area contributed by atoms with Gasteiger partial charge in [-0.2, -0.15) is 0 Å². The predicted molar refractivity (Wildman–Crippen MR) is 84.6 cm³/mol. The van der Waals surface area contributed by atoms with E-state index in [0.29, 0.717) is 23.3 Å². The molecule has 0 bridgehead atoms. The van der Waals surface area contributed by atoms with E-state index in [1.165, 1.54) is 0 Å². The van der Waals surface area contributed by atoms with Crippen molar-refractivity contribution >= 4 is 11.8 Å². The number of nitrogens with two attached hydrogens (primary N) is 1. The molecule has 0 saturated heterocycles. The Kier molecular flexibility index (Phi) is 5.06. The maximum Gasteiger partial charge on any atom is 0.255 e. The summed E-state index contributed by atoms with van der Waals surface area (Å²) in [5, 5.41) is 0. The van der Waals surface area contributed by atoms with Gasteiger partial charge >= 0.3 is 0 Å². The number of hydrogen-bond acceptors (Lipinski definition) is 3. The van der Waals surface area contributed by atoms with Crippen LogP contribution in [0.1, 0.15) is 44.0 Å². The summed E-state index contributed by atoms with van der Waals surface area (Å²) in [4.78, 5) is 25.5. The van der Waals surface area contributed by atoms with Gasteiger partial charge < -0.3 is 15.4 Å². The minimum absolute atomic E-state index is 0.0603. The fourth-order valence-corrected chi connectivity index (χ4v) is 2.35. The number of rotatable bonds is 7. The first-order valence-electron chi connectivity index (χ1n) is 7.74. The molecule has 1 fully saturated rings. The number of carbonyl (C=O) groups is 2. The summed E-state index contributed by atoms with van der Waals surface area (Å²) in [7, 11) is 0. The highest BCUT2D eigenvalue weighted by atomic mass is 16.5. The van der Waals surface area contributed by atoms with Crippen LogP contribution in [0.4, 0.5) is 0 Å². The maximum absolute atomic E-state index is 12.8. The van der Waals surface area contributed by atoms with E-state index in [4.69, 9.17) is 10.5 Å². The van der Waals surface area contributed by atoms with Crippen molar-refractivity contribution in [1.82, 2.24) is 4.90 Å². The molecule has 0 aromatic heterocycles. The van der Waals surface area contributed by atoms with Gasteiger partial charge in [-0.1, -0.05) is 13.8 Å². The van der Waals surface area contributed by atoms with Gasteiger partial charge in [-0.3, -0.25) is 9.59 Å². The lowest BCUT2D eigenvalue weighted by Crippen LogP contribution is -2.43. The van der Waals surface area contributed by atoms with Crippen LogP contribution in [0, 0.1) is 5.92 Å². The molecule has 0 unspecified atom stereocenters. The van der Waals surface area contributed by atoms with E-state index in [-0.39, 0.29) is 18.6 Å². The second kappa shape index (κ2) is 6.81. The fourth-order valence-electron chi connectivity index (χ4n) is 2.35. The van der Waals surface area contributed by atoms with Crippen molar-refractivity contribution in [3.8, 4) is 5.75 Å². The van der Waals surface area contributed by atoms with Gasteiger partial charge in [0.15, 0.2) is 6.61 Å². The number of amides is 2. The molecule has 5 heteroatoms. The first-order chi connectivity index (χ1) is 10.4. The lowest BCUT2D eigenvalue weighted by molar-refractivity contribution is -0.119. The van der Waals surface area contributed by atoms with E-state index in [1.54, 1.807) is 24.3 Å². The summed E-state index contributed by atoms with van der Waals surface area (Å²) in [6.45, 7) is 6.21. The molecule has 1 atom stereocenters. The Morgan fingerprint density at radius 2 is 1.82 bits per heavy atom. The van der Waals surface area contributed by atoms with Crippen LogP contribution in [0.3, 0.4) is 0 Å². The van der Waals surface area contributed by atoms with E-state index in [9.17, 15) is 9.59 Å². The smallest absolute Gasteiger partial charge is 0.255 e. The Morgan fingerprint density at radius 1 is 1.23 bits per heavy atom. The summed E-state index contributed by atoms with van der Waals surface area (Å²) in [5.41, 5.74) is 5.68. The van der Waals surface area contributed by atoms with E-state index < -0.39 is 5.91 Å². The van der Waals surface area contributed by atoms with Gasteiger partial charge in [-0.05, 0) is 49.9 Å². The van der Waals surface area contributed by atoms with E-state index in [2.05, 4.69) is 20.8 Å². The Morgan fingerprint density at radius 3 is 2.27 bits per heavy atom. The SMILES string of the molecule is CC(C)[C@H](C)N(C(=O)c1ccc(OCC(N)=O)cc1)C1CC1. The highest BCUT2D eigenvalue weighted by Crippen LogP contribution is 2.32. The molecule has 1 aromatic rings. The number of nitrogens with zero attached hydrogens (tertiary/aromatic N) is 1. The third-order valence-corrected chi connectivity index (χ3v) is 4.06. The summed E-state index contributed by atoms with van der Waals surface area (Å²) in [6, 6.07) is 7.45. The van der Waals surface area contributed by atoms with Gasteiger partial charge in [0.2, 0.25) is 0 Å². The minimum Gasteiger partial charge on any atom is -0.484 e. The van der Waals surface area contributed by atoms with Crippen LogP contribution in [0.15, 0.2) is 24.3 Å². The standard InChI is InChI=1S/C17H24N2O3/c1-11(2)12(3)19(14-6-7-14)17(21)13-4-8-15(9-5-13)22-10-16(18)20/h4-5,8-9,11-12,14H,6-7,10H2,1-3H3,(H2,18,20)/t12-/m0/s1. The molecule has 2 amide bonds. The van der Waals surface area contributed by atoms with Crippen molar-refractivity contribution < 1.29 is 14.3 Å². The summed E-state index contributed by atoms with van der Waals surface area (Å²) in [5.74, 6) is 0.490. The Balaban J connectivity index is 2.08. The minimum atomic E-state index is -0.522. The largest absolute Gasteiger partial charge is 0.484 e. The lowest BCUT2D eigenvalue weighted by Gasteiger charge is -2.32. The monoisotopic (exact) mass is 304 g/mol. The molecule has 0 aliphatic heterocycles. The molecule has 22 heavy (non-hydrogen) atoms. The van der Waals surface area contributed by atoms with Crippen molar-refractivity contribution in [2.45, 2.75) is 45.7 Å². The van der Waals surface area contributed by atoms with Gasteiger partial charge in [0.1, 0.15) is 5.75 Å². The van der Waals surface area contributed by atoms with E-state index in [0.717, 1.165) is 12.8 Å². The molecule has 0 radical (unpaired) electrons. The zero-order chi connectivity index (χ0) is 16.3. The van der Waals surface area contributed by atoms with Gasteiger partial charge in [0, 0.05) is 17.6 Å². The fraction of sp³-hybridized carbons (Fsp3) is 0.529. The van der Waals surface area contributed by atoms with Crippen molar-refractivity contribution in [3.63, 3.8) is 0 Å². The highest BCUT2D eigenvalue weighted by molar-refractivity contribution is 5.95. The average molecular weight is 304 g/mol. The summed E-state index contributed by atoms with van der Waals surface area (Å²) < 4.78 is 5.21. The normalized spacial score (nSPS) is 15.5. The third-order valence-electron chi connectivity index (χ3n) is 4.06. The molecule has 5 nitrogen and oxygen atoms in total. The second-order valence-electron chi connectivity index (χ2n) is 6.21. The Labute approximate surface area is 131 Å². The molecule has 0 spiro atoms. The van der Waals surface area contributed by atoms with Crippen LogP contribution in [-0.2, 0) is 4.79 Å². The zero-order valence-electron chi connectivity index (χ0n) is 13.4. The molecule has 120 valence electrons. The van der Waals surface area contributed by atoms with Crippen molar-refractivity contribution in [1.29, 1.82) is 0 Å². The quantitative estimate of drug-likeness (QED) is 0.839. The van der Waals surface area contributed by atoms with Crippen LogP contribution in [0.2, 0.25) is 0 Å². The van der Waals surface area contributed by atoms with Gasteiger partial charge in [-0.15, -0.1) is 0 Å². The van der Waals surface area contributed by atoms with Crippen LogP contribution in [0.5, 0.6) is 5.75 Å². The summed E-state index contributed by atoms with van der Waals surface area (Å²) in [6.07, 6.45) is 2.17. The van der Waals surface area contributed by atoms with Gasteiger partial charge in [-0.25, -0.2) is 0 Å². The number of carbonyl (C=O) groups excluding carboxylic acids is 2. The van der Waals surface area contributed by atoms with Gasteiger partial charge in [0.05, 0.1) is 0 Å². The highest BCUT2D eigenvalue weighted by Gasteiger charge is 2.36. The molecular formula is C17H24N2O3. The summed E-state index contributed by atoms with van der Waals surface area (Å²) >= 11 is 0. The third kappa shape index (κ3) is 4.00.